The molecular weight excluding hydrogens is 745 g/mol. The van der Waals surface area contributed by atoms with Crippen LogP contribution in [0.4, 0.5) is 0 Å². The molecular formula is C56H48N4O. The lowest BCUT2D eigenvalue weighted by Gasteiger charge is -2.23. The average Bonchev–Trinajstić information content (AvgIpc) is 3.82. The molecule has 61 heavy (non-hydrogen) atoms. The number of para-hydroxylation sites is 4. The van der Waals surface area contributed by atoms with Crippen molar-refractivity contribution in [2.45, 2.75) is 52.4 Å². The Morgan fingerprint density at radius 3 is 1.89 bits per heavy atom. The average molecular weight is 793 g/mol. The predicted molar refractivity (Wildman–Crippen MR) is 254 cm³/mol. The zero-order valence-electron chi connectivity index (χ0n) is 35.5. The van der Waals surface area contributed by atoms with Crippen LogP contribution in [0.3, 0.4) is 0 Å². The molecule has 1 N–H and O–H groups in total. The first-order valence-corrected chi connectivity index (χ1v) is 21.1. The van der Waals surface area contributed by atoms with Gasteiger partial charge in [0.05, 0.1) is 39.0 Å². The highest BCUT2D eigenvalue weighted by Gasteiger charge is 2.26. The Labute approximate surface area is 357 Å². The number of phenols is 1. The topological polar surface area (TPSA) is 55.9 Å². The second-order valence-corrected chi connectivity index (χ2v) is 18.1. The van der Waals surface area contributed by atoms with Gasteiger partial charge in [0.25, 0.3) is 0 Å². The summed E-state index contributed by atoms with van der Waals surface area (Å²) in [5.74, 6) is 0.854. The Bertz CT molecular complexity index is 3270. The molecule has 3 aromatic heterocycles. The lowest BCUT2D eigenvalue weighted by Crippen LogP contribution is -2.12. The zero-order valence-corrected chi connectivity index (χ0v) is 35.5. The molecule has 0 bridgehead atoms. The molecule has 0 saturated heterocycles. The summed E-state index contributed by atoms with van der Waals surface area (Å²) in [6.07, 6.45) is 1.94. The number of rotatable bonds is 6. The molecule has 10 rings (SSSR count). The van der Waals surface area contributed by atoms with Gasteiger partial charge in [0.2, 0.25) is 0 Å². The van der Waals surface area contributed by atoms with Gasteiger partial charge in [-0.15, -0.1) is 0 Å². The molecule has 7 aromatic carbocycles. The molecule has 0 aliphatic heterocycles. The van der Waals surface area contributed by atoms with Crippen molar-refractivity contribution >= 4 is 32.8 Å². The first-order chi connectivity index (χ1) is 29.5. The number of fused-ring (bicyclic) bond motifs is 4. The quantitative estimate of drug-likeness (QED) is 0.182. The summed E-state index contributed by atoms with van der Waals surface area (Å²) in [5, 5.41) is 13.7. The van der Waals surface area contributed by atoms with Gasteiger partial charge in [-0.3, -0.25) is 9.55 Å². The third-order valence-corrected chi connectivity index (χ3v) is 12.0. The Morgan fingerprint density at radius 1 is 0.475 bits per heavy atom. The van der Waals surface area contributed by atoms with E-state index in [9.17, 15) is 5.11 Å². The third-order valence-electron chi connectivity index (χ3n) is 12.0. The summed E-state index contributed by atoms with van der Waals surface area (Å²) in [4.78, 5) is 10.7. The maximum Gasteiger partial charge on any atom is 0.149 e. The number of hydrogen-bond donors (Lipinski definition) is 1. The molecule has 0 amide bonds. The van der Waals surface area contributed by atoms with Crippen LogP contribution in [0.15, 0.2) is 176 Å². The molecule has 10 aromatic rings. The van der Waals surface area contributed by atoms with Gasteiger partial charge in [-0.05, 0) is 99.8 Å². The fourth-order valence-corrected chi connectivity index (χ4v) is 8.81. The van der Waals surface area contributed by atoms with E-state index in [1.54, 1.807) is 6.07 Å². The molecule has 0 unspecified atom stereocenters. The second-order valence-electron chi connectivity index (χ2n) is 18.1. The number of aromatic nitrogens is 4. The molecule has 0 aliphatic carbocycles. The number of imidazole rings is 1. The zero-order chi connectivity index (χ0) is 42.0. The van der Waals surface area contributed by atoms with Gasteiger partial charge >= 0.3 is 0 Å². The van der Waals surface area contributed by atoms with Crippen LogP contribution in [0.25, 0.3) is 89.1 Å². The van der Waals surface area contributed by atoms with Crippen LogP contribution < -0.4 is 0 Å². The van der Waals surface area contributed by atoms with Crippen LogP contribution in [-0.2, 0) is 10.8 Å². The van der Waals surface area contributed by atoms with Crippen LogP contribution in [0.1, 0.15) is 52.7 Å². The van der Waals surface area contributed by atoms with E-state index >= 15 is 0 Å². The van der Waals surface area contributed by atoms with Crippen molar-refractivity contribution in [2.75, 3.05) is 0 Å². The van der Waals surface area contributed by atoms with Gasteiger partial charge in [-0.25, -0.2) is 4.98 Å². The fraction of sp³-hybridized carbons (Fsp3) is 0.143. The normalized spacial score (nSPS) is 12.2. The van der Waals surface area contributed by atoms with E-state index in [0.29, 0.717) is 11.4 Å². The molecule has 0 fully saturated rings. The van der Waals surface area contributed by atoms with Crippen LogP contribution >= 0.6 is 0 Å². The smallest absolute Gasteiger partial charge is 0.149 e. The van der Waals surface area contributed by atoms with Crippen molar-refractivity contribution in [1.82, 2.24) is 19.1 Å². The summed E-state index contributed by atoms with van der Waals surface area (Å²) in [7, 11) is 0. The second kappa shape index (κ2) is 14.5. The Morgan fingerprint density at radius 2 is 1.13 bits per heavy atom. The minimum atomic E-state index is -0.162. The fourth-order valence-electron chi connectivity index (χ4n) is 8.81. The van der Waals surface area contributed by atoms with E-state index < -0.39 is 0 Å². The molecule has 0 radical (unpaired) electrons. The maximum atomic E-state index is 11.4. The number of pyridine rings is 1. The molecule has 0 aliphatic rings. The van der Waals surface area contributed by atoms with Gasteiger partial charge < -0.3 is 9.67 Å². The lowest BCUT2D eigenvalue weighted by molar-refractivity contribution is 0.477. The molecule has 298 valence electrons. The summed E-state index contributed by atoms with van der Waals surface area (Å²) in [6.45, 7) is 13.6. The summed E-state index contributed by atoms with van der Waals surface area (Å²) in [6, 6.07) is 59.5. The van der Waals surface area contributed by atoms with E-state index in [1.165, 1.54) is 11.1 Å². The molecule has 0 spiro atoms. The predicted octanol–water partition coefficient (Wildman–Crippen LogP) is 14.5. The molecule has 3 heterocycles. The summed E-state index contributed by atoms with van der Waals surface area (Å²) in [5.41, 5.74) is 15.3. The van der Waals surface area contributed by atoms with Crippen molar-refractivity contribution in [3.8, 4) is 62.0 Å². The van der Waals surface area contributed by atoms with Crippen LogP contribution in [0.5, 0.6) is 5.75 Å². The van der Waals surface area contributed by atoms with E-state index in [2.05, 4.69) is 196 Å². The highest BCUT2D eigenvalue weighted by atomic mass is 16.3. The van der Waals surface area contributed by atoms with Crippen LogP contribution in [0.2, 0.25) is 0 Å². The Kier molecular flexibility index (Phi) is 9.03. The summed E-state index contributed by atoms with van der Waals surface area (Å²) >= 11 is 0. The minimum absolute atomic E-state index is 0.0574. The first kappa shape index (κ1) is 38.0. The van der Waals surface area contributed by atoms with Crippen molar-refractivity contribution in [2.24, 2.45) is 0 Å². The third kappa shape index (κ3) is 6.58. The van der Waals surface area contributed by atoms with E-state index in [4.69, 9.17) is 9.97 Å². The van der Waals surface area contributed by atoms with Gasteiger partial charge in [0.1, 0.15) is 11.6 Å². The Balaban J connectivity index is 1.25. The van der Waals surface area contributed by atoms with Gasteiger partial charge in [0.15, 0.2) is 0 Å². The largest absolute Gasteiger partial charge is 0.507 e. The molecule has 5 nitrogen and oxygen atoms in total. The molecule has 0 atom stereocenters. The highest BCUT2D eigenvalue weighted by molar-refractivity contribution is 6.15. The SMILES string of the molecule is CC(C)(C)c1cc(-c2cccc3c2nc(-c2ccccc2O)n3-c2ccc(C(C)(C)C)cc2-c2ccccc2)cc(-c2nccc3c2c2ccccc2n3-c2ccccc2)c1. The molecule has 0 saturated carbocycles. The standard InChI is InChI=1S/C56H48N4O/c1-55(2,3)39-28-29-47(45(35-39)36-18-9-7-10-19-36)60-49-26-17-24-42(53(49)58-54(60)44-23-14-16-27-50(44)61)37-32-38(34-40(33-37)56(4,5)6)52-51-43-22-13-15-25-46(43)59(48(51)30-31-57-52)41-20-11-8-12-21-41/h7-35,61H,1-6H3. The van der Waals surface area contributed by atoms with E-state index in [-0.39, 0.29) is 16.6 Å². The monoisotopic (exact) mass is 792 g/mol. The van der Waals surface area contributed by atoms with Crippen molar-refractivity contribution in [3.05, 3.63) is 187 Å². The van der Waals surface area contributed by atoms with Gasteiger partial charge in [-0.2, -0.15) is 0 Å². The highest BCUT2D eigenvalue weighted by Crippen LogP contribution is 2.44. The maximum absolute atomic E-state index is 11.4. The minimum Gasteiger partial charge on any atom is -0.507 e. The number of hydrogen-bond acceptors (Lipinski definition) is 3. The van der Waals surface area contributed by atoms with Crippen molar-refractivity contribution in [3.63, 3.8) is 0 Å². The van der Waals surface area contributed by atoms with Crippen molar-refractivity contribution in [1.29, 1.82) is 0 Å². The number of nitrogens with zero attached hydrogens (tertiary/aromatic N) is 4. The van der Waals surface area contributed by atoms with Gasteiger partial charge in [0, 0.05) is 39.3 Å². The summed E-state index contributed by atoms with van der Waals surface area (Å²) < 4.78 is 4.58. The van der Waals surface area contributed by atoms with Crippen LogP contribution in [-0.4, -0.2) is 24.2 Å². The Hall–Kier alpha value is -7.24. The van der Waals surface area contributed by atoms with Gasteiger partial charge in [-0.1, -0.05) is 145 Å². The first-order valence-electron chi connectivity index (χ1n) is 21.1. The lowest BCUT2D eigenvalue weighted by atomic mass is 9.83. The van der Waals surface area contributed by atoms with Crippen LogP contribution in [0, 0.1) is 0 Å². The van der Waals surface area contributed by atoms with Crippen molar-refractivity contribution < 1.29 is 5.11 Å². The number of phenolic OH excluding ortho intramolecular Hbond substituents is 1. The van der Waals surface area contributed by atoms with E-state index in [0.717, 1.165) is 77.7 Å². The van der Waals surface area contributed by atoms with E-state index in [1.807, 2.05) is 24.4 Å². The number of benzene rings is 7. The number of aromatic hydroxyl groups is 1. The molecule has 5 heteroatoms.